The van der Waals surface area contributed by atoms with E-state index in [1.807, 2.05) is 13.8 Å². The van der Waals surface area contributed by atoms with E-state index in [-0.39, 0.29) is 16.5 Å². The molecule has 0 spiro atoms. The fourth-order valence-corrected chi connectivity index (χ4v) is 3.08. The Morgan fingerprint density at radius 3 is 2.40 bits per heavy atom. The average Bonchev–Trinajstić information content (AvgIpc) is 2.71. The van der Waals surface area contributed by atoms with E-state index in [4.69, 9.17) is 32.7 Å². The van der Waals surface area contributed by atoms with Crippen LogP contribution in [0.5, 0.6) is 11.5 Å². The van der Waals surface area contributed by atoms with E-state index >= 15 is 0 Å². The molecular formula is C21H23Cl2N3O4. The Balaban J connectivity index is 2.09. The van der Waals surface area contributed by atoms with E-state index in [2.05, 4.69) is 15.8 Å². The minimum absolute atomic E-state index is 0.189. The first-order valence-corrected chi connectivity index (χ1v) is 9.83. The number of nitrogens with one attached hydrogen (secondary N) is 2. The molecule has 0 aromatic heterocycles. The molecule has 0 fully saturated rings. The predicted molar refractivity (Wildman–Crippen MR) is 118 cm³/mol. The Kier molecular flexibility index (Phi) is 8.50. The third-order valence-electron chi connectivity index (χ3n) is 4.23. The zero-order chi connectivity index (χ0) is 22.3. The summed E-state index contributed by atoms with van der Waals surface area (Å²) >= 11 is 11.9. The molecule has 0 bridgehead atoms. The minimum atomic E-state index is -0.820. The second-order valence-electron chi connectivity index (χ2n) is 6.66. The first-order chi connectivity index (χ1) is 14.3. The lowest BCUT2D eigenvalue weighted by molar-refractivity contribution is -0.123. The SMILES string of the molecule is COc1ccc(/C=N/NC(=O)[C@H](NC(=O)c2ccc(Cl)cc2Cl)C(C)C)c(OC)c1. The molecule has 0 aliphatic rings. The lowest BCUT2D eigenvalue weighted by Crippen LogP contribution is -2.48. The molecule has 2 N–H and O–H groups in total. The minimum Gasteiger partial charge on any atom is -0.497 e. The van der Waals surface area contributed by atoms with Crippen molar-refractivity contribution in [2.45, 2.75) is 19.9 Å². The molecular weight excluding hydrogens is 429 g/mol. The predicted octanol–water partition coefficient (Wildman–Crippen LogP) is 3.92. The van der Waals surface area contributed by atoms with Crippen LogP contribution in [-0.2, 0) is 4.79 Å². The van der Waals surface area contributed by atoms with Crippen LogP contribution in [0.3, 0.4) is 0 Å². The third kappa shape index (κ3) is 6.11. The molecule has 0 saturated carbocycles. The van der Waals surface area contributed by atoms with Crippen molar-refractivity contribution >= 4 is 41.2 Å². The molecule has 30 heavy (non-hydrogen) atoms. The summed E-state index contributed by atoms with van der Waals surface area (Å²) in [6.07, 6.45) is 1.45. The molecule has 2 amide bonds. The monoisotopic (exact) mass is 451 g/mol. The van der Waals surface area contributed by atoms with E-state index in [9.17, 15) is 9.59 Å². The second kappa shape index (κ2) is 10.8. The van der Waals surface area contributed by atoms with E-state index in [1.54, 1.807) is 31.4 Å². The second-order valence-corrected chi connectivity index (χ2v) is 7.51. The lowest BCUT2D eigenvalue weighted by atomic mass is 10.0. The summed E-state index contributed by atoms with van der Waals surface area (Å²) in [5.74, 6) is 0.0409. The van der Waals surface area contributed by atoms with E-state index in [0.29, 0.717) is 22.1 Å². The van der Waals surface area contributed by atoms with Crippen LogP contribution in [0.1, 0.15) is 29.8 Å². The summed E-state index contributed by atoms with van der Waals surface area (Å²) in [6.45, 7) is 3.62. The maximum atomic E-state index is 12.6. The summed E-state index contributed by atoms with van der Waals surface area (Å²) in [6, 6.07) is 8.91. The van der Waals surface area contributed by atoms with Crippen molar-refractivity contribution in [1.82, 2.24) is 10.7 Å². The molecule has 2 aromatic carbocycles. The number of rotatable bonds is 8. The normalized spacial score (nSPS) is 12.0. The highest BCUT2D eigenvalue weighted by Crippen LogP contribution is 2.23. The van der Waals surface area contributed by atoms with Crippen LogP contribution >= 0.6 is 23.2 Å². The van der Waals surface area contributed by atoms with Crippen LogP contribution in [0, 0.1) is 5.92 Å². The quantitative estimate of drug-likeness (QED) is 0.470. The summed E-state index contributed by atoms with van der Waals surface area (Å²) in [5, 5.41) is 7.28. The number of halogens is 2. The highest BCUT2D eigenvalue weighted by Gasteiger charge is 2.25. The van der Waals surface area contributed by atoms with Crippen molar-refractivity contribution < 1.29 is 19.1 Å². The van der Waals surface area contributed by atoms with Gasteiger partial charge in [0.05, 0.1) is 31.0 Å². The number of nitrogens with zero attached hydrogens (tertiary/aromatic N) is 1. The van der Waals surface area contributed by atoms with Gasteiger partial charge in [0, 0.05) is 16.7 Å². The molecule has 2 rings (SSSR count). The van der Waals surface area contributed by atoms with Crippen molar-refractivity contribution in [2.75, 3.05) is 14.2 Å². The number of hydrogen-bond acceptors (Lipinski definition) is 5. The maximum absolute atomic E-state index is 12.6. The average molecular weight is 452 g/mol. The molecule has 160 valence electrons. The zero-order valence-electron chi connectivity index (χ0n) is 17.0. The molecule has 0 heterocycles. The van der Waals surface area contributed by atoms with Crippen molar-refractivity contribution in [3.05, 3.63) is 57.6 Å². The summed E-state index contributed by atoms with van der Waals surface area (Å²) in [7, 11) is 3.08. The topological polar surface area (TPSA) is 89.0 Å². The molecule has 9 heteroatoms. The van der Waals surface area contributed by atoms with Crippen LogP contribution in [0.15, 0.2) is 41.5 Å². The van der Waals surface area contributed by atoms with Gasteiger partial charge in [-0.15, -0.1) is 0 Å². The Hall–Kier alpha value is -2.77. The van der Waals surface area contributed by atoms with Gasteiger partial charge in [-0.3, -0.25) is 9.59 Å². The molecule has 0 unspecified atom stereocenters. The maximum Gasteiger partial charge on any atom is 0.262 e. The van der Waals surface area contributed by atoms with Crippen LogP contribution in [0.4, 0.5) is 0 Å². The first kappa shape index (κ1) is 23.5. The number of carbonyl (C=O) groups is 2. The largest absolute Gasteiger partial charge is 0.497 e. The molecule has 0 radical (unpaired) electrons. The Morgan fingerprint density at radius 2 is 1.80 bits per heavy atom. The number of ether oxygens (including phenoxy) is 2. The molecule has 0 saturated heterocycles. The summed E-state index contributed by atoms with van der Waals surface area (Å²) < 4.78 is 10.4. The van der Waals surface area contributed by atoms with Crippen LogP contribution < -0.4 is 20.2 Å². The standard InChI is InChI=1S/C21H23Cl2N3O4/c1-12(2)19(25-20(27)16-8-6-14(22)9-17(16)23)21(28)26-24-11-13-5-7-15(29-3)10-18(13)30-4/h5-12,19H,1-4H3,(H,25,27)(H,26,28)/b24-11+/t19-/m1/s1. The van der Waals surface area contributed by atoms with Crippen LogP contribution in [-0.4, -0.2) is 38.3 Å². The number of hydrazone groups is 1. The molecule has 0 aliphatic heterocycles. The van der Waals surface area contributed by atoms with Gasteiger partial charge in [-0.2, -0.15) is 5.10 Å². The molecule has 0 aliphatic carbocycles. The van der Waals surface area contributed by atoms with Crippen molar-refractivity contribution in [1.29, 1.82) is 0 Å². The summed E-state index contributed by atoms with van der Waals surface area (Å²) in [4.78, 5) is 25.1. The van der Waals surface area contributed by atoms with Gasteiger partial charge in [0.15, 0.2) is 0 Å². The van der Waals surface area contributed by atoms with Crippen LogP contribution in [0.25, 0.3) is 0 Å². The van der Waals surface area contributed by atoms with E-state index < -0.39 is 17.9 Å². The highest BCUT2D eigenvalue weighted by molar-refractivity contribution is 6.36. The Labute approximate surface area is 185 Å². The smallest absolute Gasteiger partial charge is 0.262 e. The van der Waals surface area contributed by atoms with Gasteiger partial charge in [-0.1, -0.05) is 37.0 Å². The number of amides is 2. The highest BCUT2D eigenvalue weighted by atomic mass is 35.5. The zero-order valence-corrected chi connectivity index (χ0v) is 18.5. The number of benzene rings is 2. The molecule has 1 atom stereocenters. The van der Waals surface area contributed by atoms with E-state index in [0.717, 1.165) is 0 Å². The van der Waals surface area contributed by atoms with Gasteiger partial charge in [0.25, 0.3) is 11.8 Å². The fraction of sp³-hybridized carbons (Fsp3) is 0.286. The first-order valence-electron chi connectivity index (χ1n) is 9.07. The van der Waals surface area contributed by atoms with Crippen molar-refractivity contribution in [2.24, 2.45) is 11.0 Å². The van der Waals surface area contributed by atoms with Gasteiger partial charge in [-0.05, 0) is 36.2 Å². The van der Waals surface area contributed by atoms with Gasteiger partial charge in [0.2, 0.25) is 0 Å². The Bertz CT molecular complexity index is 948. The lowest BCUT2D eigenvalue weighted by Gasteiger charge is -2.20. The van der Waals surface area contributed by atoms with Gasteiger partial charge in [0.1, 0.15) is 17.5 Å². The number of carbonyl (C=O) groups excluding carboxylic acids is 2. The van der Waals surface area contributed by atoms with Crippen LogP contribution in [0.2, 0.25) is 10.0 Å². The van der Waals surface area contributed by atoms with Crippen molar-refractivity contribution in [3.63, 3.8) is 0 Å². The van der Waals surface area contributed by atoms with Gasteiger partial charge in [-0.25, -0.2) is 5.43 Å². The Morgan fingerprint density at radius 1 is 1.07 bits per heavy atom. The van der Waals surface area contributed by atoms with Gasteiger partial charge < -0.3 is 14.8 Å². The van der Waals surface area contributed by atoms with Gasteiger partial charge >= 0.3 is 0 Å². The van der Waals surface area contributed by atoms with E-state index in [1.165, 1.54) is 25.5 Å². The number of methoxy groups -OCH3 is 2. The fourth-order valence-electron chi connectivity index (χ4n) is 2.59. The van der Waals surface area contributed by atoms with Crippen molar-refractivity contribution in [3.8, 4) is 11.5 Å². The molecule has 7 nitrogen and oxygen atoms in total. The third-order valence-corrected chi connectivity index (χ3v) is 4.78. The number of hydrogen-bond donors (Lipinski definition) is 2. The summed E-state index contributed by atoms with van der Waals surface area (Å²) in [5.41, 5.74) is 3.33. The molecule has 2 aromatic rings.